The van der Waals surface area contributed by atoms with Gasteiger partial charge in [0.1, 0.15) is 11.4 Å². The molecule has 0 bridgehead atoms. The van der Waals surface area contributed by atoms with Crippen LogP contribution in [0.5, 0.6) is 5.75 Å². The first-order valence-corrected chi connectivity index (χ1v) is 8.37. The number of thiocarbonyl (C=S) groups is 1. The molecule has 3 aromatic rings. The van der Waals surface area contributed by atoms with E-state index >= 15 is 0 Å². The summed E-state index contributed by atoms with van der Waals surface area (Å²) in [5.41, 5.74) is 5.10. The molecule has 128 valence electrons. The van der Waals surface area contributed by atoms with E-state index in [0.29, 0.717) is 11.1 Å². The van der Waals surface area contributed by atoms with Crippen molar-refractivity contribution in [1.82, 2.24) is 0 Å². The first-order valence-electron chi connectivity index (χ1n) is 7.96. The van der Waals surface area contributed by atoms with Gasteiger partial charge in [0.25, 0.3) is 0 Å². The maximum absolute atomic E-state index is 14.5. The zero-order chi connectivity index (χ0) is 18.7. The van der Waals surface area contributed by atoms with E-state index in [1.54, 1.807) is 19.1 Å². The zero-order valence-corrected chi connectivity index (χ0v) is 15.0. The Labute approximate surface area is 157 Å². The van der Waals surface area contributed by atoms with E-state index in [-0.39, 0.29) is 11.4 Å². The van der Waals surface area contributed by atoms with Gasteiger partial charge in [0.15, 0.2) is 5.82 Å². The fourth-order valence-electron chi connectivity index (χ4n) is 2.76. The van der Waals surface area contributed by atoms with Crippen molar-refractivity contribution in [3.8, 4) is 28.0 Å². The van der Waals surface area contributed by atoms with Crippen molar-refractivity contribution in [3.05, 3.63) is 78.6 Å². The number of phenols is 1. The number of phenolic OH excluding ortho intramolecular Hbond substituents is 1. The second-order valence-electron chi connectivity index (χ2n) is 5.96. The monoisotopic (exact) mass is 361 g/mol. The fourth-order valence-corrected chi connectivity index (χ4v) is 2.85. The molecule has 0 fully saturated rings. The second-order valence-corrected chi connectivity index (χ2v) is 6.14. The Morgan fingerprint density at radius 1 is 0.962 bits per heavy atom. The number of aliphatic imine (C=N–C) groups is 1. The molecular formula is C22H16FNOS. The summed E-state index contributed by atoms with van der Waals surface area (Å²) in [4.78, 5) is 3.83. The Kier molecular flexibility index (Phi) is 5.08. The normalized spacial score (nSPS) is 10.2. The molecule has 0 aliphatic carbocycles. The van der Waals surface area contributed by atoms with Crippen molar-refractivity contribution in [2.45, 2.75) is 6.92 Å². The molecule has 4 heteroatoms. The van der Waals surface area contributed by atoms with Crippen molar-refractivity contribution < 1.29 is 9.50 Å². The molecule has 3 aromatic carbocycles. The third-order valence-corrected chi connectivity index (χ3v) is 4.19. The standard InChI is InChI=1S/C22H16FNOS/c1-14(2)20-11-18(12-21(23)22(20)24-13-26)17-5-3-15(4-6-17)16-7-9-19(25)10-8-16/h3-12,25H,1H2,2H3. The summed E-state index contributed by atoms with van der Waals surface area (Å²) in [6.07, 6.45) is 0. The number of allylic oxidation sites excluding steroid dienone is 1. The smallest absolute Gasteiger partial charge is 0.150 e. The van der Waals surface area contributed by atoms with Gasteiger partial charge < -0.3 is 5.11 Å². The molecule has 1 N–H and O–H groups in total. The summed E-state index contributed by atoms with van der Waals surface area (Å²) >= 11 is 4.61. The summed E-state index contributed by atoms with van der Waals surface area (Å²) in [6, 6.07) is 18.1. The average molecular weight is 361 g/mol. The molecule has 0 spiro atoms. The molecule has 0 amide bonds. The van der Waals surface area contributed by atoms with Crippen molar-refractivity contribution in [3.63, 3.8) is 0 Å². The topological polar surface area (TPSA) is 32.6 Å². The van der Waals surface area contributed by atoms with E-state index in [9.17, 15) is 9.50 Å². The molecule has 0 aromatic heterocycles. The van der Waals surface area contributed by atoms with Crippen molar-refractivity contribution in [2.75, 3.05) is 0 Å². The summed E-state index contributed by atoms with van der Waals surface area (Å²) in [6.45, 7) is 5.70. The van der Waals surface area contributed by atoms with Gasteiger partial charge in [-0.05, 0) is 71.2 Å². The van der Waals surface area contributed by atoms with Gasteiger partial charge in [0.05, 0.1) is 5.16 Å². The maximum atomic E-state index is 14.5. The number of hydrogen-bond acceptors (Lipinski definition) is 3. The Bertz CT molecular complexity index is 1020. The van der Waals surface area contributed by atoms with Crippen LogP contribution in [0.4, 0.5) is 10.1 Å². The van der Waals surface area contributed by atoms with Crippen LogP contribution in [0.3, 0.4) is 0 Å². The largest absolute Gasteiger partial charge is 0.508 e. The number of halogens is 1. The maximum Gasteiger partial charge on any atom is 0.150 e. The van der Waals surface area contributed by atoms with Gasteiger partial charge in [-0.25, -0.2) is 4.39 Å². The number of aromatic hydroxyl groups is 1. The Morgan fingerprint density at radius 2 is 1.46 bits per heavy atom. The van der Waals surface area contributed by atoms with Crippen LogP contribution < -0.4 is 0 Å². The minimum atomic E-state index is -0.458. The molecule has 0 atom stereocenters. The van der Waals surface area contributed by atoms with Crippen molar-refractivity contribution >= 4 is 28.6 Å². The molecule has 0 unspecified atom stereocenters. The van der Waals surface area contributed by atoms with E-state index in [4.69, 9.17) is 0 Å². The Morgan fingerprint density at radius 3 is 1.96 bits per heavy atom. The molecule has 0 saturated heterocycles. The Hall–Kier alpha value is -3.07. The molecule has 0 aliphatic heterocycles. The van der Waals surface area contributed by atoms with E-state index in [1.165, 1.54) is 6.07 Å². The van der Waals surface area contributed by atoms with Gasteiger partial charge in [-0.2, -0.15) is 4.99 Å². The van der Waals surface area contributed by atoms with Crippen molar-refractivity contribution in [2.24, 2.45) is 4.99 Å². The molecule has 0 aliphatic rings. The Balaban J connectivity index is 2.02. The average Bonchev–Trinajstić information content (AvgIpc) is 2.64. The third-order valence-electron chi connectivity index (χ3n) is 4.10. The van der Waals surface area contributed by atoms with Gasteiger partial charge in [-0.3, -0.25) is 0 Å². The third kappa shape index (κ3) is 3.62. The first kappa shape index (κ1) is 17.7. The van der Waals surface area contributed by atoms with Gasteiger partial charge in [-0.15, -0.1) is 0 Å². The lowest BCUT2D eigenvalue weighted by molar-refractivity contribution is 0.475. The van der Waals surface area contributed by atoms with Crippen molar-refractivity contribution in [1.29, 1.82) is 0 Å². The minimum Gasteiger partial charge on any atom is -0.508 e. The lowest BCUT2D eigenvalue weighted by Gasteiger charge is -2.10. The number of isothiocyanates is 1. The molecule has 26 heavy (non-hydrogen) atoms. The molecular weight excluding hydrogens is 345 g/mol. The number of rotatable bonds is 4. The van der Waals surface area contributed by atoms with Crippen LogP contribution in [0.2, 0.25) is 0 Å². The van der Waals surface area contributed by atoms with Gasteiger partial charge in [0.2, 0.25) is 0 Å². The predicted molar refractivity (Wildman–Crippen MR) is 108 cm³/mol. The SMILES string of the molecule is C=C(C)c1cc(-c2ccc(-c3ccc(O)cc3)cc2)cc(F)c1N=C=S. The predicted octanol–water partition coefficient (Wildman–Crippen LogP) is 6.63. The second kappa shape index (κ2) is 7.44. The fraction of sp³-hybridized carbons (Fsp3) is 0.0455. The highest BCUT2D eigenvalue weighted by molar-refractivity contribution is 7.78. The van der Waals surface area contributed by atoms with E-state index in [2.05, 4.69) is 29.0 Å². The first-order chi connectivity index (χ1) is 12.5. The summed E-state index contributed by atoms with van der Waals surface area (Å²) in [5, 5.41) is 11.6. The van der Waals surface area contributed by atoms with Gasteiger partial charge >= 0.3 is 0 Å². The highest BCUT2D eigenvalue weighted by Gasteiger charge is 2.12. The van der Waals surface area contributed by atoms with E-state index in [0.717, 1.165) is 22.3 Å². The number of hydrogen-bond donors (Lipinski definition) is 1. The molecule has 0 heterocycles. The van der Waals surface area contributed by atoms with Crippen LogP contribution in [-0.2, 0) is 0 Å². The van der Waals surface area contributed by atoms with Crippen LogP contribution in [0.1, 0.15) is 12.5 Å². The lowest BCUT2D eigenvalue weighted by Crippen LogP contribution is -1.89. The minimum absolute atomic E-state index is 0.164. The van der Waals surface area contributed by atoms with Crippen LogP contribution >= 0.6 is 12.2 Å². The summed E-state index contributed by atoms with van der Waals surface area (Å²) < 4.78 is 14.5. The van der Waals surface area contributed by atoms with Crippen LogP contribution in [0, 0.1) is 5.82 Å². The highest BCUT2D eigenvalue weighted by atomic mass is 32.1. The van der Waals surface area contributed by atoms with Crippen LogP contribution in [0.15, 0.2) is 72.2 Å². The lowest BCUT2D eigenvalue weighted by atomic mass is 9.96. The molecule has 0 saturated carbocycles. The highest BCUT2D eigenvalue weighted by Crippen LogP contribution is 2.34. The van der Waals surface area contributed by atoms with Crippen LogP contribution in [-0.4, -0.2) is 10.3 Å². The number of nitrogens with zero attached hydrogens (tertiary/aromatic N) is 1. The summed E-state index contributed by atoms with van der Waals surface area (Å²) in [7, 11) is 0. The van der Waals surface area contributed by atoms with Crippen LogP contribution in [0.25, 0.3) is 27.8 Å². The molecule has 2 nitrogen and oxygen atoms in total. The van der Waals surface area contributed by atoms with Gasteiger partial charge in [-0.1, -0.05) is 43.0 Å². The zero-order valence-electron chi connectivity index (χ0n) is 14.2. The molecule has 3 rings (SSSR count). The van der Waals surface area contributed by atoms with Gasteiger partial charge in [0, 0.05) is 5.56 Å². The van der Waals surface area contributed by atoms with E-state index in [1.807, 2.05) is 42.5 Å². The molecule has 0 radical (unpaired) electrons. The van der Waals surface area contributed by atoms with E-state index < -0.39 is 5.82 Å². The summed E-state index contributed by atoms with van der Waals surface area (Å²) in [5.74, 6) is -0.229. The number of benzene rings is 3. The quantitative estimate of drug-likeness (QED) is 0.418.